The minimum absolute atomic E-state index is 0.0811. The number of nitrogens with zero attached hydrogens (tertiary/aromatic N) is 3. The molecule has 9 heteroatoms. The van der Waals surface area contributed by atoms with Crippen LogP contribution in [0.25, 0.3) is 0 Å². The summed E-state index contributed by atoms with van der Waals surface area (Å²) in [5.74, 6) is 0.552. The molecule has 0 radical (unpaired) electrons. The van der Waals surface area contributed by atoms with Crippen molar-refractivity contribution in [3.8, 4) is 0 Å². The van der Waals surface area contributed by atoms with Gasteiger partial charge in [0.25, 0.3) is 5.91 Å². The summed E-state index contributed by atoms with van der Waals surface area (Å²) in [5.41, 5.74) is 0.442. The molecule has 0 aliphatic carbocycles. The molecule has 2 atom stereocenters. The number of carbonyl (C=O) groups is 1. The Morgan fingerprint density at radius 1 is 1.03 bits per heavy atom. The van der Waals surface area contributed by atoms with Crippen LogP contribution in [-0.4, -0.2) is 99.7 Å². The summed E-state index contributed by atoms with van der Waals surface area (Å²) in [7, 11) is -3.67. The zero-order valence-corrected chi connectivity index (χ0v) is 20.6. The smallest absolute Gasteiger partial charge is 0.253 e. The van der Waals surface area contributed by atoms with Crippen LogP contribution in [0.3, 0.4) is 0 Å². The second-order valence-electron chi connectivity index (χ2n) is 9.59. The molecule has 3 fully saturated rings. The molecule has 3 aliphatic heterocycles. The molecule has 8 nitrogen and oxygen atoms in total. The summed E-state index contributed by atoms with van der Waals surface area (Å²) < 4.78 is 39.0. The summed E-state index contributed by atoms with van der Waals surface area (Å²) in [5, 5.41) is 0. The fourth-order valence-electron chi connectivity index (χ4n) is 5.06. The van der Waals surface area contributed by atoms with Gasteiger partial charge in [-0.1, -0.05) is 6.07 Å². The zero-order valence-electron chi connectivity index (χ0n) is 19.8. The van der Waals surface area contributed by atoms with Crippen LogP contribution in [0.2, 0.25) is 0 Å². The molecule has 2 unspecified atom stereocenters. The summed E-state index contributed by atoms with van der Waals surface area (Å²) in [6, 6.07) is 6.50. The van der Waals surface area contributed by atoms with Crippen molar-refractivity contribution < 1.29 is 22.7 Å². The van der Waals surface area contributed by atoms with Crippen molar-refractivity contribution in [2.75, 3.05) is 59.0 Å². The molecule has 0 aromatic heterocycles. The third kappa shape index (κ3) is 6.14. The van der Waals surface area contributed by atoms with Crippen molar-refractivity contribution in [2.45, 2.75) is 50.2 Å². The largest absolute Gasteiger partial charge is 0.379 e. The van der Waals surface area contributed by atoms with E-state index in [1.54, 1.807) is 18.2 Å². The van der Waals surface area contributed by atoms with Gasteiger partial charge >= 0.3 is 0 Å². The molecule has 184 valence electrons. The summed E-state index contributed by atoms with van der Waals surface area (Å²) >= 11 is 0. The highest BCUT2D eigenvalue weighted by atomic mass is 32.2. The lowest BCUT2D eigenvalue weighted by Crippen LogP contribution is -2.48. The minimum atomic E-state index is -3.67. The van der Waals surface area contributed by atoms with Crippen molar-refractivity contribution in [1.29, 1.82) is 0 Å². The van der Waals surface area contributed by atoms with Crippen LogP contribution in [0.15, 0.2) is 29.2 Å². The number of likely N-dealkylation sites (tertiary alicyclic amines) is 1. The molecule has 0 bridgehead atoms. The molecule has 3 aliphatic rings. The van der Waals surface area contributed by atoms with E-state index in [0.29, 0.717) is 24.6 Å². The monoisotopic (exact) mass is 479 g/mol. The van der Waals surface area contributed by atoms with Gasteiger partial charge in [0, 0.05) is 44.8 Å². The summed E-state index contributed by atoms with van der Waals surface area (Å²) in [4.78, 5) is 17.7. The predicted molar refractivity (Wildman–Crippen MR) is 126 cm³/mol. The molecule has 0 saturated carbocycles. The lowest BCUT2D eigenvalue weighted by Gasteiger charge is -2.35. The quantitative estimate of drug-likeness (QED) is 0.622. The number of rotatable bonds is 6. The van der Waals surface area contributed by atoms with Crippen molar-refractivity contribution in [3.05, 3.63) is 29.8 Å². The Balaban J connectivity index is 1.34. The summed E-state index contributed by atoms with van der Waals surface area (Å²) in [6.07, 6.45) is 2.84. The van der Waals surface area contributed by atoms with Gasteiger partial charge in [0.15, 0.2) is 0 Å². The highest BCUT2D eigenvalue weighted by Crippen LogP contribution is 2.25. The zero-order chi connectivity index (χ0) is 23.4. The van der Waals surface area contributed by atoms with E-state index in [2.05, 4.69) is 4.90 Å². The van der Waals surface area contributed by atoms with E-state index in [-0.39, 0.29) is 23.0 Å². The predicted octanol–water partition coefficient (Wildman–Crippen LogP) is 2.06. The first kappa shape index (κ1) is 24.6. The molecule has 1 aromatic carbocycles. The molecule has 1 aromatic rings. The standard InChI is InChI=1S/C24H37N3O5S/c1-19-17-27(18-20(2)32-19)33(29,30)23-5-3-4-22(16-23)24(28)26-10-7-21(8-11-26)6-9-25-12-14-31-15-13-25/h3-5,16,19-21H,6-15,17-18H2,1-2H3. The number of morpholine rings is 2. The lowest BCUT2D eigenvalue weighted by molar-refractivity contribution is -0.0440. The van der Waals surface area contributed by atoms with Gasteiger partial charge in [-0.15, -0.1) is 0 Å². The van der Waals surface area contributed by atoms with Crippen LogP contribution in [0.1, 0.15) is 43.5 Å². The highest BCUT2D eigenvalue weighted by Gasteiger charge is 2.33. The fourth-order valence-corrected chi connectivity index (χ4v) is 6.70. The number of hydrogen-bond acceptors (Lipinski definition) is 6. The van der Waals surface area contributed by atoms with E-state index >= 15 is 0 Å². The van der Waals surface area contributed by atoms with Crippen LogP contribution in [0.4, 0.5) is 0 Å². The average Bonchev–Trinajstić information content (AvgIpc) is 2.83. The van der Waals surface area contributed by atoms with Crippen molar-refractivity contribution in [2.24, 2.45) is 5.92 Å². The van der Waals surface area contributed by atoms with Gasteiger partial charge in [0.05, 0.1) is 30.3 Å². The van der Waals surface area contributed by atoms with E-state index in [4.69, 9.17) is 9.47 Å². The van der Waals surface area contributed by atoms with Gasteiger partial charge in [-0.2, -0.15) is 4.31 Å². The Morgan fingerprint density at radius 3 is 2.36 bits per heavy atom. The molecule has 3 heterocycles. The number of amides is 1. The first-order valence-electron chi connectivity index (χ1n) is 12.2. The van der Waals surface area contributed by atoms with E-state index in [1.807, 2.05) is 18.7 Å². The van der Waals surface area contributed by atoms with Crippen molar-refractivity contribution in [3.63, 3.8) is 0 Å². The first-order valence-corrected chi connectivity index (χ1v) is 13.6. The number of piperidine rings is 1. The maximum Gasteiger partial charge on any atom is 0.253 e. The van der Waals surface area contributed by atoms with Gasteiger partial charge in [-0.25, -0.2) is 8.42 Å². The van der Waals surface area contributed by atoms with Crippen LogP contribution < -0.4 is 0 Å². The SMILES string of the molecule is CC1CN(S(=O)(=O)c2cccc(C(=O)N3CCC(CCN4CCOCC4)CC3)c2)CC(C)O1. The van der Waals surface area contributed by atoms with E-state index in [9.17, 15) is 13.2 Å². The first-order chi connectivity index (χ1) is 15.8. The lowest BCUT2D eigenvalue weighted by atomic mass is 9.93. The summed E-state index contributed by atoms with van der Waals surface area (Å²) in [6.45, 7) is 10.6. The molecule has 0 N–H and O–H groups in total. The van der Waals surface area contributed by atoms with Crippen molar-refractivity contribution >= 4 is 15.9 Å². The van der Waals surface area contributed by atoms with E-state index < -0.39 is 10.0 Å². The van der Waals surface area contributed by atoms with Gasteiger partial charge in [0.2, 0.25) is 10.0 Å². The van der Waals surface area contributed by atoms with E-state index in [0.717, 1.165) is 65.2 Å². The molecule has 4 rings (SSSR count). The number of sulfonamides is 1. The third-order valence-corrected chi connectivity index (χ3v) is 8.79. The second-order valence-corrected chi connectivity index (χ2v) is 11.5. The van der Waals surface area contributed by atoms with Gasteiger partial charge in [0.1, 0.15) is 0 Å². The average molecular weight is 480 g/mol. The Kier molecular flexibility index (Phi) is 8.07. The van der Waals surface area contributed by atoms with Crippen LogP contribution in [0, 0.1) is 5.92 Å². The molecule has 0 spiro atoms. The molecule has 1 amide bonds. The van der Waals surface area contributed by atoms with Crippen LogP contribution in [0.5, 0.6) is 0 Å². The van der Waals surface area contributed by atoms with Gasteiger partial charge < -0.3 is 14.4 Å². The molecule has 33 heavy (non-hydrogen) atoms. The minimum Gasteiger partial charge on any atom is -0.379 e. The Hall–Kier alpha value is -1.52. The fraction of sp³-hybridized carbons (Fsp3) is 0.708. The van der Waals surface area contributed by atoms with Crippen LogP contribution in [-0.2, 0) is 19.5 Å². The molecular weight excluding hydrogens is 442 g/mol. The Bertz CT molecular complexity index is 900. The second kappa shape index (κ2) is 10.8. The van der Waals surface area contributed by atoms with Crippen molar-refractivity contribution in [1.82, 2.24) is 14.1 Å². The van der Waals surface area contributed by atoms with E-state index in [1.165, 1.54) is 10.4 Å². The molecular formula is C24H37N3O5S. The molecule has 3 saturated heterocycles. The maximum atomic E-state index is 13.2. The van der Waals surface area contributed by atoms with Gasteiger partial charge in [-0.05, 0) is 63.8 Å². The maximum absolute atomic E-state index is 13.2. The number of ether oxygens (including phenoxy) is 2. The third-order valence-electron chi connectivity index (χ3n) is 6.96. The normalized spacial score (nSPS) is 26.4. The number of hydrogen-bond donors (Lipinski definition) is 0. The highest BCUT2D eigenvalue weighted by molar-refractivity contribution is 7.89. The van der Waals surface area contributed by atoms with Gasteiger partial charge in [-0.3, -0.25) is 9.69 Å². The van der Waals surface area contributed by atoms with Crippen LogP contribution >= 0.6 is 0 Å². The Morgan fingerprint density at radius 2 is 1.70 bits per heavy atom. The Labute approximate surface area is 197 Å². The number of carbonyl (C=O) groups excluding carboxylic acids is 1. The number of benzene rings is 1. The topological polar surface area (TPSA) is 79.4 Å².